The second-order valence-corrected chi connectivity index (χ2v) is 8.26. The zero-order valence-electron chi connectivity index (χ0n) is 14.4. The van der Waals surface area contributed by atoms with Gasteiger partial charge in [-0.1, -0.05) is 0 Å². The van der Waals surface area contributed by atoms with E-state index in [9.17, 15) is 35.3 Å². The molecule has 1 atom stereocenters. The van der Waals surface area contributed by atoms with Crippen LogP contribution in [0.5, 0.6) is 0 Å². The predicted molar refractivity (Wildman–Crippen MR) is 92.5 cm³/mol. The molecule has 0 radical (unpaired) electrons. The van der Waals surface area contributed by atoms with E-state index in [0.717, 1.165) is 17.0 Å². The van der Waals surface area contributed by atoms with Gasteiger partial charge in [-0.3, -0.25) is 9.00 Å². The van der Waals surface area contributed by atoms with Crippen molar-refractivity contribution in [3.63, 3.8) is 0 Å². The average molecular weight is 436 g/mol. The Morgan fingerprint density at radius 3 is 2.30 bits per heavy atom. The molecule has 1 saturated heterocycles. The number of halogens is 6. The van der Waals surface area contributed by atoms with Crippen LogP contribution in [-0.4, -0.2) is 51.0 Å². The van der Waals surface area contributed by atoms with E-state index < -0.39 is 46.9 Å². The van der Waals surface area contributed by atoms with Crippen molar-refractivity contribution in [3.05, 3.63) is 23.5 Å². The molecule has 2 N–H and O–H groups in total. The molecule has 0 aliphatic carbocycles. The first-order valence-electron chi connectivity index (χ1n) is 7.43. The number of amides is 1. The van der Waals surface area contributed by atoms with E-state index >= 15 is 0 Å². The molecular weight excluding hydrogens is 418 g/mol. The SMILES string of the molecule is Cc1cc(F)c(N)cc1S(=O)CC(C)(F)F.O=C1CSCN1CC(F)(F)F. The molecular formula is C15H18F6N2O2S2. The summed E-state index contributed by atoms with van der Waals surface area (Å²) in [6.45, 7) is 1.08. The molecule has 0 aromatic heterocycles. The van der Waals surface area contributed by atoms with Crippen LogP contribution in [0.25, 0.3) is 0 Å². The summed E-state index contributed by atoms with van der Waals surface area (Å²) in [6.07, 6.45) is -4.26. The zero-order chi connectivity index (χ0) is 21.0. The van der Waals surface area contributed by atoms with Crippen molar-refractivity contribution in [2.45, 2.75) is 30.8 Å². The van der Waals surface area contributed by atoms with Crippen LogP contribution in [0.15, 0.2) is 17.0 Å². The van der Waals surface area contributed by atoms with E-state index in [1.54, 1.807) is 0 Å². The minimum Gasteiger partial charge on any atom is -0.396 e. The summed E-state index contributed by atoms with van der Waals surface area (Å²) in [5, 5.41) is 0. The van der Waals surface area contributed by atoms with Crippen molar-refractivity contribution in [1.82, 2.24) is 4.90 Å². The highest BCUT2D eigenvalue weighted by molar-refractivity contribution is 8.00. The van der Waals surface area contributed by atoms with Gasteiger partial charge in [0.15, 0.2) is 0 Å². The van der Waals surface area contributed by atoms with Gasteiger partial charge in [-0.2, -0.15) is 13.2 Å². The van der Waals surface area contributed by atoms with Crippen LogP contribution >= 0.6 is 11.8 Å². The normalized spacial score (nSPS) is 16.1. The molecule has 1 unspecified atom stereocenters. The van der Waals surface area contributed by atoms with Crippen molar-refractivity contribution in [3.8, 4) is 0 Å². The number of carbonyl (C=O) groups excluding carboxylic acids is 1. The fraction of sp³-hybridized carbons (Fsp3) is 0.533. The van der Waals surface area contributed by atoms with Crippen LogP contribution in [0.3, 0.4) is 0 Å². The molecule has 2 rings (SSSR count). The highest BCUT2D eigenvalue weighted by Crippen LogP contribution is 2.24. The lowest BCUT2D eigenvalue weighted by atomic mass is 10.2. The quantitative estimate of drug-likeness (QED) is 0.579. The molecule has 4 nitrogen and oxygen atoms in total. The third-order valence-corrected chi connectivity index (χ3v) is 5.76. The molecule has 154 valence electrons. The van der Waals surface area contributed by atoms with Gasteiger partial charge in [-0.05, 0) is 24.6 Å². The van der Waals surface area contributed by atoms with Gasteiger partial charge < -0.3 is 10.6 Å². The Hall–Kier alpha value is -1.43. The van der Waals surface area contributed by atoms with Gasteiger partial charge in [0.1, 0.15) is 12.4 Å². The Bertz CT molecular complexity index is 707. The lowest BCUT2D eigenvalue weighted by Gasteiger charge is -2.16. The van der Waals surface area contributed by atoms with E-state index in [1.807, 2.05) is 0 Å². The first-order valence-corrected chi connectivity index (χ1v) is 9.91. The molecule has 1 aromatic rings. The number of aryl methyl sites for hydroxylation is 1. The summed E-state index contributed by atoms with van der Waals surface area (Å²) in [5.74, 6) is -4.54. The monoisotopic (exact) mass is 436 g/mol. The minimum absolute atomic E-state index is 0.153. The summed E-state index contributed by atoms with van der Waals surface area (Å²) in [4.78, 5) is 11.6. The number of nitrogens with zero attached hydrogens (tertiary/aromatic N) is 1. The Kier molecular flexibility index (Phi) is 8.02. The predicted octanol–water partition coefficient (Wildman–Crippen LogP) is 3.56. The Morgan fingerprint density at radius 1 is 1.26 bits per heavy atom. The molecule has 1 aliphatic rings. The van der Waals surface area contributed by atoms with E-state index in [1.165, 1.54) is 18.7 Å². The van der Waals surface area contributed by atoms with Gasteiger partial charge in [0.05, 0.1) is 33.9 Å². The maximum atomic E-state index is 13.0. The fourth-order valence-electron chi connectivity index (χ4n) is 1.98. The Morgan fingerprint density at radius 2 is 1.85 bits per heavy atom. The lowest BCUT2D eigenvalue weighted by Crippen LogP contribution is -2.35. The maximum absolute atomic E-state index is 13.0. The molecule has 0 saturated carbocycles. The molecule has 27 heavy (non-hydrogen) atoms. The lowest BCUT2D eigenvalue weighted by molar-refractivity contribution is -0.156. The number of benzene rings is 1. The van der Waals surface area contributed by atoms with E-state index in [4.69, 9.17) is 5.73 Å². The number of thioether (sulfide) groups is 1. The van der Waals surface area contributed by atoms with Crippen LogP contribution in [0.1, 0.15) is 12.5 Å². The molecule has 1 heterocycles. The standard InChI is InChI=1S/C10H12F3NOS.C5H6F3NOS/c1-6-3-7(11)8(14)4-9(6)16(15)5-10(2,12)13;6-5(7,8)2-9-3-11-1-4(9)10/h3-4H,5,14H2,1-2H3;1-3H2. The van der Waals surface area contributed by atoms with Gasteiger partial charge in [0.2, 0.25) is 5.91 Å². The number of alkyl halides is 5. The second-order valence-electron chi connectivity index (χ2n) is 5.88. The molecule has 1 amide bonds. The molecule has 0 bridgehead atoms. The van der Waals surface area contributed by atoms with Crippen molar-refractivity contribution in [2.75, 3.05) is 29.7 Å². The highest BCUT2D eigenvalue weighted by atomic mass is 32.2. The van der Waals surface area contributed by atoms with E-state index in [2.05, 4.69) is 0 Å². The number of hydrogen-bond donors (Lipinski definition) is 1. The number of nitrogen functional groups attached to an aromatic ring is 1. The number of carbonyl (C=O) groups is 1. The first-order chi connectivity index (χ1) is 12.2. The van der Waals surface area contributed by atoms with Crippen LogP contribution in [0.4, 0.5) is 32.0 Å². The summed E-state index contributed by atoms with van der Waals surface area (Å²) in [7, 11) is -1.88. The van der Waals surface area contributed by atoms with Gasteiger partial charge in [0, 0.05) is 11.8 Å². The minimum atomic E-state index is -4.26. The molecule has 1 fully saturated rings. The van der Waals surface area contributed by atoms with Crippen LogP contribution in [-0.2, 0) is 15.6 Å². The molecule has 12 heteroatoms. The van der Waals surface area contributed by atoms with Crippen molar-refractivity contribution in [1.29, 1.82) is 0 Å². The summed E-state index contributed by atoms with van der Waals surface area (Å²) in [6, 6.07) is 2.24. The van der Waals surface area contributed by atoms with Crippen LogP contribution < -0.4 is 5.73 Å². The Balaban J connectivity index is 0.000000289. The Labute approximate surface area is 158 Å². The van der Waals surface area contributed by atoms with E-state index in [-0.39, 0.29) is 22.2 Å². The number of nitrogens with two attached hydrogens (primary N) is 1. The van der Waals surface area contributed by atoms with Crippen molar-refractivity contribution >= 4 is 34.2 Å². The van der Waals surface area contributed by atoms with Crippen molar-refractivity contribution in [2.24, 2.45) is 0 Å². The molecule has 1 aliphatic heterocycles. The highest BCUT2D eigenvalue weighted by Gasteiger charge is 2.34. The summed E-state index contributed by atoms with van der Waals surface area (Å²) in [5.41, 5.74) is 5.46. The van der Waals surface area contributed by atoms with E-state index in [0.29, 0.717) is 12.5 Å². The van der Waals surface area contributed by atoms with Crippen LogP contribution in [0.2, 0.25) is 0 Å². The maximum Gasteiger partial charge on any atom is 0.406 e. The molecule has 0 spiro atoms. The summed E-state index contributed by atoms with van der Waals surface area (Å²) < 4.78 is 85.0. The smallest absolute Gasteiger partial charge is 0.396 e. The third kappa shape index (κ3) is 8.41. The summed E-state index contributed by atoms with van der Waals surface area (Å²) >= 11 is 1.21. The number of hydrogen-bond acceptors (Lipinski definition) is 4. The fourth-order valence-corrected chi connectivity index (χ4v) is 4.17. The van der Waals surface area contributed by atoms with Gasteiger partial charge >= 0.3 is 6.18 Å². The average Bonchev–Trinajstić information content (AvgIpc) is 2.85. The molecule has 1 aromatic carbocycles. The number of rotatable bonds is 4. The second kappa shape index (κ2) is 9.18. The zero-order valence-corrected chi connectivity index (χ0v) is 16.0. The number of anilines is 1. The van der Waals surface area contributed by atoms with Crippen molar-refractivity contribution < 1.29 is 35.3 Å². The first kappa shape index (κ1) is 23.6. The third-order valence-electron chi connectivity index (χ3n) is 3.12. The topological polar surface area (TPSA) is 63.4 Å². The van der Waals surface area contributed by atoms with Gasteiger partial charge in [-0.25, -0.2) is 13.2 Å². The van der Waals surface area contributed by atoms with Crippen LogP contribution in [0, 0.1) is 12.7 Å². The van der Waals surface area contributed by atoms with Gasteiger partial charge in [0.25, 0.3) is 5.92 Å². The largest absolute Gasteiger partial charge is 0.406 e. The van der Waals surface area contributed by atoms with Gasteiger partial charge in [-0.15, -0.1) is 11.8 Å².